The van der Waals surface area contributed by atoms with Crippen molar-refractivity contribution in [1.29, 1.82) is 0 Å². The highest BCUT2D eigenvalue weighted by Gasteiger charge is 2.19. The number of carbonyl (C=O) groups excluding carboxylic acids is 1. The maximum Gasteiger partial charge on any atom is 0.273 e. The maximum atomic E-state index is 12.6. The Bertz CT molecular complexity index is 1020. The molecule has 1 atom stereocenters. The number of benzene rings is 2. The van der Waals surface area contributed by atoms with Crippen LogP contribution in [-0.4, -0.2) is 15.8 Å². The summed E-state index contributed by atoms with van der Waals surface area (Å²) in [5.41, 5.74) is 2.24. The van der Waals surface area contributed by atoms with Crippen LogP contribution in [0.2, 0.25) is 0 Å². The Labute approximate surface area is 168 Å². The van der Waals surface area contributed by atoms with Gasteiger partial charge >= 0.3 is 0 Å². The molecule has 0 unspecified atom stereocenters. The van der Waals surface area contributed by atoms with E-state index >= 15 is 0 Å². The van der Waals surface area contributed by atoms with Crippen molar-refractivity contribution in [3.8, 4) is 5.75 Å². The smallest absolute Gasteiger partial charge is 0.273 e. The highest BCUT2D eigenvalue weighted by Crippen LogP contribution is 2.23. The van der Waals surface area contributed by atoms with Gasteiger partial charge in [0.2, 0.25) is 0 Å². The number of hydrogen-bond acceptors (Lipinski definition) is 5. The summed E-state index contributed by atoms with van der Waals surface area (Å²) in [5.74, 6) is 0.305. The molecule has 0 aliphatic heterocycles. The fourth-order valence-corrected chi connectivity index (χ4v) is 2.94. The molecule has 148 valence electrons. The van der Waals surface area contributed by atoms with E-state index in [4.69, 9.17) is 4.74 Å². The standard InChI is InChI=1S/C22H21N3O4/c1-15-20(10-6-11-21(15)25(27)28)22(26)24-16(2)17-7-5-9-19(13-17)29-14-18-8-3-4-12-23-18/h3-13,16H,14H2,1-2H3,(H,24,26)/t16-/m0/s1. The Morgan fingerprint density at radius 3 is 2.69 bits per heavy atom. The van der Waals surface area contributed by atoms with Crippen molar-refractivity contribution in [1.82, 2.24) is 10.3 Å². The van der Waals surface area contributed by atoms with E-state index in [0.717, 1.165) is 11.3 Å². The van der Waals surface area contributed by atoms with E-state index in [1.807, 2.05) is 49.4 Å². The van der Waals surface area contributed by atoms with Crippen LogP contribution in [0, 0.1) is 17.0 Å². The van der Waals surface area contributed by atoms with Crippen LogP contribution in [0.15, 0.2) is 66.9 Å². The molecule has 0 saturated heterocycles. The zero-order valence-electron chi connectivity index (χ0n) is 16.2. The monoisotopic (exact) mass is 391 g/mol. The maximum absolute atomic E-state index is 12.6. The predicted molar refractivity (Wildman–Crippen MR) is 109 cm³/mol. The van der Waals surface area contributed by atoms with E-state index < -0.39 is 4.92 Å². The molecule has 0 aliphatic rings. The molecular weight excluding hydrogens is 370 g/mol. The largest absolute Gasteiger partial charge is 0.487 e. The van der Waals surface area contributed by atoms with E-state index in [9.17, 15) is 14.9 Å². The van der Waals surface area contributed by atoms with Crippen molar-refractivity contribution >= 4 is 11.6 Å². The van der Waals surface area contributed by atoms with Crippen LogP contribution in [0.1, 0.15) is 40.1 Å². The van der Waals surface area contributed by atoms with Crippen LogP contribution in [0.4, 0.5) is 5.69 Å². The van der Waals surface area contributed by atoms with Crippen LogP contribution in [-0.2, 0) is 6.61 Å². The van der Waals surface area contributed by atoms with Gasteiger partial charge in [0.15, 0.2) is 0 Å². The van der Waals surface area contributed by atoms with Crippen LogP contribution in [0.5, 0.6) is 5.75 Å². The lowest BCUT2D eigenvalue weighted by molar-refractivity contribution is -0.385. The normalized spacial score (nSPS) is 11.5. The van der Waals surface area contributed by atoms with Crippen LogP contribution in [0.25, 0.3) is 0 Å². The van der Waals surface area contributed by atoms with Gasteiger partial charge in [-0.3, -0.25) is 19.9 Å². The zero-order valence-corrected chi connectivity index (χ0v) is 16.2. The summed E-state index contributed by atoms with van der Waals surface area (Å²) in [5, 5.41) is 14.0. The van der Waals surface area contributed by atoms with Gasteiger partial charge in [-0.05, 0) is 49.7 Å². The van der Waals surface area contributed by atoms with E-state index in [-0.39, 0.29) is 23.2 Å². The van der Waals surface area contributed by atoms with Crippen LogP contribution < -0.4 is 10.1 Å². The number of nitro benzene ring substituents is 1. The van der Waals surface area contributed by atoms with Gasteiger partial charge in [-0.25, -0.2) is 0 Å². The van der Waals surface area contributed by atoms with Crippen molar-refractivity contribution in [2.45, 2.75) is 26.5 Å². The molecule has 3 rings (SSSR count). The number of ether oxygens (including phenoxy) is 1. The molecule has 1 amide bonds. The van der Waals surface area contributed by atoms with Crippen LogP contribution >= 0.6 is 0 Å². The third-order valence-corrected chi connectivity index (χ3v) is 4.57. The fraction of sp³-hybridized carbons (Fsp3) is 0.182. The molecule has 0 radical (unpaired) electrons. The second-order valence-electron chi connectivity index (χ2n) is 6.58. The van der Waals surface area contributed by atoms with Gasteiger partial charge in [-0.2, -0.15) is 0 Å². The van der Waals surface area contributed by atoms with Gasteiger partial charge in [0.25, 0.3) is 11.6 Å². The first-order valence-electron chi connectivity index (χ1n) is 9.13. The quantitative estimate of drug-likeness (QED) is 0.477. The van der Waals surface area contributed by atoms with Gasteiger partial charge in [0.05, 0.1) is 16.7 Å². The van der Waals surface area contributed by atoms with E-state index in [1.165, 1.54) is 12.1 Å². The Hall–Kier alpha value is -3.74. The molecule has 2 aromatic carbocycles. The van der Waals surface area contributed by atoms with Crippen molar-refractivity contribution in [2.24, 2.45) is 0 Å². The lowest BCUT2D eigenvalue weighted by Gasteiger charge is -2.16. The number of hydrogen-bond donors (Lipinski definition) is 1. The van der Waals surface area contributed by atoms with Crippen LogP contribution in [0.3, 0.4) is 0 Å². The summed E-state index contributed by atoms with van der Waals surface area (Å²) in [4.78, 5) is 27.5. The van der Waals surface area contributed by atoms with Crippen molar-refractivity contribution in [3.63, 3.8) is 0 Å². The summed E-state index contributed by atoms with van der Waals surface area (Å²) in [6.07, 6.45) is 1.71. The molecule has 0 spiro atoms. The summed E-state index contributed by atoms with van der Waals surface area (Å²) < 4.78 is 5.78. The summed E-state index contributed by atoms with van der Waals surface area (Å²) in [6, 6.07) is 17.2. The summed E-state index contributed by atoms with van der Waals surface area (Å²) >= 11 is 0. The number of nitrogens with zero attached hydrogens (tertiary/aromatic N) is 2. The number of rotatable bonds is 7. The molecule has 1 N–H and O–H groups in total. The van der Waals surface area contributed by atoms with Crippen molar-refractivity contribution in [3.05, 3.63) is 99.4 Å². The fourth-order valence-electron chi connectivity index (χ4n) is 2.94. The number of pyridine rings is 1. The second-order valence-corrected chi connectivity index (χ2v) is 6.58. The molecular formula is C22H21N3O4. The molecule has 0 saturated carbocycles. The molecule has 0 fully saturated rings. The van der Waals surface area contributed by atoms with Gasteiger partial charge in [0, 0.05) is 23.4 Å². The highest BCUT2D eigenvalue weighted by molar-refractivity contribution is 5.96. The SMILES string of the molecule is Cc1c(C(=O)N[C@@H](C)c2cccc(OCc3ccccn3)c2)cccc1[N+](=O)[O-]. The van der Waals surface area contributed by atoms with Crippen molar-refractivity contribution < 1.29 is 14.5 Å². The molecule has 1 aromatic heterocycles. The van der Waals surface area contributed by atoms with E-state index in [0.29, 0.717) is 17.9 Å². The first kappa shape index (κ1) is 20.0. The lowest BCUT2D eigenvalue weighted by Crippen LogP contribution is -2.27. The molecule has 1 heterocycles. The highest BCUT2D eigenvalue weighted by atomic mass is 16.6. The molecule has 0 bridgehead atoms. The Morgan fingerprint density at radius 1 is 1.17 bits per heavy atom. The third kappa shape index (κ3) is 4.95. The number of nitrogens with one attached hydrogen (secondary N) is 1. The Kier molecular flexibility index (Phi) is 6.19. The Morgan fingerprint density at radius 2 is 1.97 bits per heavy atom. The molecule has 7 heteroatoms. The van der Waals surface area contributed by atoms with E-state index in [1.54, 1.807) is 19.2 Å². The second kappa shape index (κ2) is 8.97. The first-order chi connectivity index (χ1) is 14.0. The summed E-state index contributed by atoms with van der Waals surface area (Å²) in [7, 11) is 0. The minimum atomic E-state index is -0.488. The van der Waals surface area contributed by atoms with Gasteiger partial charge in [-0.15, -0.1) is 0 Å². The minimum Gasteiger partial charge on any atom is -0.487 e. The lowest BCUT2D eigenvalue weighted by atomic mass is 10.0. The average molecular weight is 391 g/mol. The summed E-state index contributed by atoms with van der Waals surface area (Å²) in [6.45, 7) is 3.77. The van der Waals surface area contributed by atoms with Gasteiger partial charge in [0.1, 0.15) is 12.4 Å². The predicted octanol–water partition coefficient (Wildman–Crippen LogP) is 4.37. The molecule has 7 nitrogen and oxygen atoms in total. The average Bonchev–Trinajstić information content (AvgIpc) is 2.73. The Balaban J connectivity index is 1.69. The first-order valence-corrected chi connectivity index (χ1v) is 9.13. The zero-order chi connectivity index (χ0) is 20.8. The van der Waals surface area contributed by atoms with Crippen molar-refractivity contribution in [2.75, 3.05) is 0 Å². The number of nitro groups is 1. The number of amides is 1. The van der Waals surface area contributed by atoms with E-state index in [2.05, 4.69) is 10.3 Å². The topological polar surface area (TPSA) is 94.4 Å². The molecule has 29 heavy (non-hydrogen) atoms. The van der Waals surface area contributed by atoms with Gasteiger partial charge in [-0.1, -0.05) is 24.3 Å². The minimum absolute atomic E-state index is 0.0739. The van der Waals surface area contributed by atoms with Gasteiger partial charge < -0.3 is 10.1 Å². The molecule has 3 aromatic rings. The number of carbonyl (C=O) groups is 1. The molecule has 0 aliphatic carbocycles. The number of aromatic nitrogens is 1. The third-order valence-electron chi connectivity index (χ3n) is 4.57.